The van der Waals surface area contributed by atoms with E-state index in [9.17, 15) is 24.3 Å². The number of hydrogen-bond acceptors (Lipinski definition) is 7. The smallest absolute Gasteiger partial charge is 0.339 e. The molecule has 4 N–H and O–H groups in total. The Morgan fingerprint density at radius 2 is 1.79 bits per heavy atom. The lowest BCUT2D eigenvalue weighted by Crippen LogP contribution is -2.77. The van der Waals surface area contributed by atoms with Gasteiger partial charge in [0.05, 0.1) is 10.00 Å². The minimum Gasteiger partial charge on any atom is -0.480 e. The molecule has 0 bridgehead atoms. The number of aliphatic carboxylic acids is 2. The van der Waals surface area contributed by atoms with Crippen LogP contribution in [0.3, 0.4) is 0 Å². The van der Waals surface area contributed by atoms with Gasteiger partial charge in [-0.25, -0.2) is 4.79 Å². The molecule has 0 aromatic rings. The van der Waals surface area contributed by atoms with Crippen LogP contribution in [-0.2, 0) is 19.2 Å². The number of carboxylic acid groups (broad SMARTS) is 2. The van der Waals surface area contributed by atoms with E-state index in [2.05, 4.69) is 0 Å². The number of β-lactam (4-membered cyclic amide) rings is 1. The summed E-state index contributed by atoms with van der Waals surface area (Å²) in [5.74, 6) is -3.77. The van der Waals surface area contributed by atoms with E-state index >= 15 is 0 Å². The molecule has 2 saturated heterocycles. The fourth-order valence-electron chi connectivity index (χ4n) is 3.25. The molecule has 0 radical (unpaired) electrons. The van der Waals surface area contributed by atoms with Gasteiger partial charge in [-0.15, -0.1) is 23.5 Å². The molecular formula is C14H20N2O6S2. The standard InChI is InChI=1S/C14H20N2O6S2/c1-5(23-6(2)11(19)20)8(17)14(12(21)22)13(3,4)24-10-7(15)9(18)16(10)14/h5-7,10H,15H2,1-4H3,(H,19,20)(H,21,22)/t5?,6?,7?,10-,14+/m1/s1. The fraction of sp³-hybridized carbons (Fsp3) is 0.714. The molecule has 2 aliphatic heterocycles. The zero-order chi connectivity index (χ0) is 18.6. The zero-order valence-electron chi connectivity index (χ0n) is 13.7. The molecule has 10 heteroatoms. The Hall–Kier alpha value is -1.26. The van der Waals surface area contributed by atoms with Gasteiger partial charge in [0.15, 0.2) is 5.78 Å². The van der Waals surface area contributed by atoms with Gasteiger partial charge in [0.1, 0.15) is 16.7 Å². The first kappa shape index (κ1) is 19.1. The van der Waals surface area contributed by atoms with Crippen molar-refractivity contribution >= 4 is 47.2 Å². The van der Waals surface area contributed by atoms with E-state index < -0.39 is 55.8 Å². The van der Waals surface area contributed by atoms with Gasteiger partial charge in [-0.3, -0.25) is 14.4 Å². The van der Waals surface area contributed by atoms with E-state index in [4.69, 9.17) is 10.8 Å². The first-order valence-corrected chi connectivity index (χ1v) is 9.14. The lowest BCUT2D eigenvalue weighted by Gasteiger charge is -2.48. The normalized spacial score (nSPS) is 33.4. The quantitative estimate of drug-likeness (QED) is 0.432. The predicted octanol–water partition coefficient (Wildman–Crippen LogP) is -0.00530. The van der Waals surface area contributed by atoms with Crippen LogP contribution < -0.4 is 5.73 Å². The van der Waals surface area contributed by atoms with Gasteiger partial charge >= 0.3 is 11.9 Å². The summed E-state index contributed by atoms with van der Waals surface area (Å²) >= 11 is 2.05. The van der Waals surface area contributed by atoms with Crippen LogP contribution in [0.5, 0.6) is 0 Å². The van der Waals surface area contributed by atoms with Crippen molar-refractivity contribution in [3.63, 3.8) is 0 Å². The fourth-order valence-corrected chi connectivity index (χ4v) is 5.96. The Bertz CT molecular complexity index is 624. The van der Waals surface area contributed by atoms with Crippen molar-refractivity contribution in [2.75, 3.05) is 0 Å². The van der Waals surface area contributed by atoms with Gasteiger partial charge in [0.2, 0.25) is 11.4 Å². The third-order valence-corrected chi connectivity index (χ3v) is 7.39. The number of ketones is 1. The van der Waals surface area contributed by atoms with Gasteiger partial charge in [-0.2, -0.15) is 0 Å². The molecule has 2 rings (SSSR count). The maximum absolute atomic E-state index is 13.1. The average Bonchev–Trinajstić information content (AvgIpc) is 2.71. The van der Waals surface area contributed by atoms with Gasteiger partial charge in [0, 0.05) is 0 Å². The van der Waals surface area contributed by atoms with Gasteiger partial charge in [-0.05, 0) is 27.7 Å². The first-order valence-electron chi connectivity index (χ1n) is 7.32. The molecule has 8 nitrogen and oxygen atoms in total. The van der Waals surface area contributed by atoms with E-state index in [1.54, 1.807) is 13.8 Å². The second kappa shape index (κ2) is 5.92. The molecule has 1 amide bonds. The van der Waals surface area contributed by atoms with E-state index in [0.717, 1.165) is 16.7 Å². The van der Waals surface area contributed by atoms with Crippen LogP contribution in [0.15, 0.2) is 0 Å². The Balaban J connectivity index is 2.44. The van der Waals surface area contributed by atoms with E-state index in [1.165, 1.54) is 25.6 Å². The number of rotatable bonds is 6. The molecule has 3 unspecified atom stereocenters. The van der Waals surface area contributed by atoms with Crippen LogP contribution in [0, 0.1) is 0 Å². The highest BCUT2D eigenvalue weighted by atomic mass is 32.2. The number of fused-ring (bicyclic) bond motifs is 1. The number of nitrogens with two attached hydrogens (primary N) is 1. The number of Topliss-reactive ketones (excluding diaryl/α,β-unsaturated/α-hetero) is 1. The monoisotopic (exact) mass is 376 g/mol. The van der Waals surface area contributed by atoms with Crippen molar-refractivity contribution in [1.29, 1.82) is 0 Å². The Kier molecular flexibility index (Phi) is 4.70. The molecule has 0 aliphatic carbocycles. The van der Waals surface area contributed by atoms with Crippen LogP contribution in [0.4, 0.5) is 0 Å². The van der Waals surface area contributed by atoms with E-state index in [1.807, 2.05) is 0 Å². The Morgan fingerprint density at radius 1 is 1.25 bits per heavy atom. The number of carbonyl (C=O) groups is 4. The van der Waals surface area contributed by atoms with Crippen LogP contribution in [-0.4, -0.2) is 70.9 Å². The molecule has 2 fully saturated rings. The summed E-state index contributed by atoms with van der Waals surface area (Å²) < 4.78 is -1.09. The van der Waals surface area contributed by atoms with Crippen molar-refractivity contribution in [2.24, 2.45) is 5.73 Å². The molecule has 134 valence electrons. The van der Waals surface area contributed by atoms with Crippen LogP contribution in [0.1, 0.15) is 27.7 Å². The summed E-state index contributed by atoms with van der Waals surface area (Å²) in [5, 5.41) is 16.5. The lowest BCUT2D eigenvalue weighted by molar-refractivity contribution is -0.174. The molecule has 2 heterocycles. The molecule has 2 aliphatic rings. The van der Waals surface area contributed by atoms with Gasteiger partial charge in [0.25, 0.3) is 0 Å². The lowest BCUT2D eigenvalue weighted by atomic mass is 9.76. The minimum absolute atomic E-state index is 0.568. The van der Waals surface area contributed by atoms with Crippen molar-refractivity contribution in [2.45, 2.75) is 59.9 Å². The molecular weight excluding hydrogens is 356 g/mol. The summed E-state index contributed by atoms with van der Waals surface area (Å²) in [6.45, 7) is 6.09. The number of carboxylic acids is 2. The number of nitrogens with zero attached hydrogens (tertiary/aromatic N) is 1. The summed E-state index contributed by atoms with van der Waals surface area (Å²) in [6.07, 6.45) is 0. The highest BCUT2D eigenvalue weighted by Gasteiger charge is 2.75. The summed E-state index contributed by atoms with van der Waals surface area (Å²) in [4.78, 5) is 49.5. The average molecular weight is 376 g/mol. The molecule has 0 saturated carbocycles. The SMILES string of the molecule is CC(SC(C)C(=O)[C@@]1(C(=O)O)N2C(=O)C(N)[C@H]2SC1(C)C)C(=O)O. The number of amides is 1. The van der Waals surface area contributed by atoms with Crippen molar-refractivity contribution < 1.29 is 29.4 Å². The van der Waals surface area contributed by atoms with Gasteiger partial charge < -0.3 is 20.8 Å². The summed E-state index contributed by atoms with van der Waals surface area (Å²) in [7, 11) is 0. The molecule has 5 atom stereocenters. The van der Waals surface area contributed by atoms with Gasteiger partial charge in [-0.1, -0.05) is 0 Å². The third-order valence-electron chi connectivity index (χ3n) is 4.52. The van der Waals surface area contributed by atoms with E-state index in [0.29, 0.717) is 0 Å². The van der Waals surface area contributed by atoms with Crippen LogP contribution >= 0.6 is 23.5 Å². The maximum Gasteiger partial charge on any atom is 0.339 e. The second-order valence-electron chi connectivity index (χ2n) is 6.39. The molecule has 0 aromatic carbocycles. The van der Waals surface area contributed by atoms with Crippen molar-refractivity contribution in [3.05, 3.63) is 0 Å². The number of carbonyl (C=O) groups excluding carboxylic acids is 2. The summed E-state index contributed by atoms with van der Waals surface area (Å²) in [5.41, 5.74) is 3.69. The molecule has 0 spiro atoms. The predicted molar refractivity (Wildman–Crippen MR) is 89.8 cm³/mol. The van der Waals surface area contributed by atoms with E-state index in [-0.39, 0.29) is 0 Å². The Morgan fingerprint density at radius 3 is 2.25 bits per heavy atom. The van der Waals surface area contributed by atoms with Crippen LogP contribution in [0.25, 0.3) is 0 Å². The van der Waals surface area contributed by atoms with Crippen LogP contribution in [0.2, 0.25) is 0 Å². The van der Waals surface area contributed by atoms with Crippen molar-refractivity contribution in [3.8, 4) is 0 Å². The maximum atomic E-state index is 13.1. The molecule has 0 aromatic heterocycles. The zero-order valence-corrected chi connectivity index (χ0v) is 15.3. The minimum atomic E-state index is -2.06. The molecule has 24 heavy (non-hydrogen) atoms. The first-order chi connectivity index (χ1) is 10.9. The highest BCUT2D eigenvalue weighted by Crippen LogP contribution is 2.57. The van der Waals surface area contributed by atoms with Crippen molar-refractivity contribution in [1.82, 2.24) is 4.90 Å². The number of thioether (sulfide) groups is 2. The second-order valence-corrected chi connectivity index (χ2v) is 9.82. The highest BCUT2D eigenvalue weighted by molar-refractivity contribution is 8.02. The summed E-state index contributed by atoms with van der Waals surface area (Å²) in [6, 6.07) is -0.829. The number of hydrogen-bond donors (Lipinski definition) is 3. The Labute approximate surface area is 147 Å². The largest absolute Gasteiger partial charge is 0.480 e. The third kappa shape index (κ3) is 2.34. The topological polar surface area (TPSA) is 138 Å².